The maximum absolute atomic E-state index is 12.8. The summed E-state index contributed by atoms with van der Waals surface area (Å²) in [4.78, 5) is 19.0. The van der Waals surface area contributed by atoms with Crippen molar-refractivity contribution in [2.24, 2.45) is 0 Å². The smallest absolute Gasteiger partial charge is 0.265 e. The van der Waals surface area contributed by atoms with Crippen molar-refractivity contribution in [3.63, 3.8) is 0 Å². The molecule has 0 aliphatic rings. The number of carbonyl (C=O) groups is 1. The summed E-state index contributed by atoms with van der Waals surface area (Å²) in [5.41, 5.74) is 1.77. The Bertz CT molecular complexity index is 1230. The Kier molecular flexibility index (Phi) is 3.43. The zero-order valence-electron chi connectivity index (χ0n) is 13.8. The molecule has 4 heteroatoms. The number of aromatic nitrogens is 1. The highest BCUT2D eigenvalue weighted by Crippen LogP contribution is 2.29. The fourth-order valence-corrected chi connectivity index (χ4v) is 4.12. The molecule has 0 aliphatic heterocycles. The average molecular weight is 354 g/mol. The summed E-state index contributed by atoms with van der Waals surface area (Å²) in [6.07, 6.45) is 0. The number of para-hydroxylation sites is 1. The van der Waals surface area contributed by atoms with Crippen molar-refractivity contribution in [1.82, 2.24) is 4.98 Å². The topological polar surface area (TPSA) is 42.0 Å². The molecule has 3 aromatic carbocycles. The van der Waals surface area contributed by atoms with Gasteiger partial charge in [0.05, 0.1) is 10.4 Å². The second-order valence-corrected chi connectivity index (χ2v) is 7.20. The second kappa shape index (κ2) is 5.93. The predicted molar refractivity (Wildman–Crippen MR) is 109 cm³/mol. The van der Waals surface area contributed by atoms with Gasteiger partial charge in [0.2, 0.25) is 0 Å². The molecule has 0 aliphatic carbocycles. The number of anilines is 1. The van der Waals surface area contributed by atoms with Crippen molar-refractivity contribution in [1.29, 1.82) is 0 Å². The first-order valence-electron chi connectivity index (χ1n) is 8.36. The maximum Gasteiger partial charge on any atom is 0.265 e. The molecule has 0 unspecified atom stereocenters. The number of hydrogen-bond donors (Lipinski definition) is 1. The third-order valence-electron chi connectivity index (χ3n) is 4.47. The van der Waals surface area contributed by atoms with Crippen molar-refractivity contribution in [2.75, 3.05) is 5.32 Å². The van der Waals surface area contributed by atoms with Crippen molar-refractivity contribution < 1.29 is 4.79 Å². The van der Waals surface area contributed by atoms with Gasteiger partial charge < -0.3 is 5.32 Å². The molecular weight excluding hydrogens is 340 g/mol. The summed E-state index contributed by atoms with van der Waals surface area (Å²) in [5.74, 6) is -0.103. The second-order valence-electron chi connectivity index (χ2n) is 6.17. The van der Waals surface area contributed by atoms with E-state index in [2.05, 4.69) is 16.4 Å². The number of hydrogen-bond acceptors (Lipinski definition) is 3. The highest BCUT2D eigenvalue weighted by Gasteiger charge is 2.13. The van der Waals surface area contributed by atoms with E-state index < -0.39 is 0 Å². The zero-order chi connectivity index (χ0) is 17.5. The largest absolute Gasteiger partial charge is 0.321 e. The molecule has 2 heterocycles. The summed E-state index contributed by atoms with van der Waals surface area (Å²) in [7, 11) is 0. The molecular formula is C22H14N2OS. The standard InChI is InChI=1S/C22H14N2OS/c25-21(23-19-11-5-8-14-6-1-3-9-17(14)19)20-13-16-12-15-7-2-4-10-18(15)24-22(16)26-20/h1-13H,(H,23,25). The number of fused-ring (bicyclic) bond motifs is 3. The summed E-state index contributed by atoms with van der Waals surface area (Å²) in [6.45, 7) is 0. The van der Waals surface area contributed by atoms with Gasteiger partial charge in [-0.1, -0.05) is 54.6 Å². The number of benzene rings is 3. The molecule has 124 valence electrons. The van der Waals surface area contributed by atoms with Crippen LogP contribution in [0.15, 0.2) is 78.9 Å². The van der Waals surface area contributed by atoms with Crippen molar-refractivity contribution >= 4 is 54.8 Å². The van der Waals surface area contributed by atoms with Crippen LogP contribution in [0.2, 0.25) is 0 Å². The van der Waals surface area contributed by atoms with Gasteiger partial charge in [-0.3, -0.25) is 4.79 Å². The number of rotatable bonds is 2. The van der Waals surface area contributed by atoms with Gasteiger partial charge in [-0.05, 0) is 29.7 Å². The van der Waals surface area contributed by atoms with Crippen LogP contribution < -0.4 is 5.32 Å². The number of nitrogens with one attached hydrogen (secondary N) is 1. The van der Waals surface area contributed by atoms with E-state index in [4.69, 9.17) is 0 Å². The van der Waals surface area contributed by atoms with Gasteiger partial charge in [-0.15, -0.1) is 11.3 Å². The molecule has 0 atom stereocenters. The quantitative estimate of drug-likeness (QED) is 0.432. The third kappa shape index (κ3) is 2.52. The van der Waals surface area contributed by atoms with E-state index in [0.29, 0.717) is 4.88 Å². The molecule has 5 aromatic rings. The molecule has 5 rings (SSSR count). The number of pyridine rings is 1. The minimum absolute atomic E-state index is 0.103. The van der Waals surface area contributed by atoms with Crippen LogP contribution in [0, 0.1) is 0 Å². The first kappa shape index (κ1) is 15.0. The number of amides is 1. The lowest BCUT2D eigenvalue weighted by Crippen LogP contribution is -2.10. The Hall–Kier alpha value is -3.24. The normalized spacial score (nSPS) is 11.2. The molecule has 0 spiro atoms. The van der Waals surface area contributed by atoms with Gasteiger partial charge in [-0.2, -0.15) is 0 Å². The lowest BCUT2D eigenvalue weighted by atomic mass is 10.1. The number of nitrogens with zero attached hydrogens (tertiary/aromatic N) is 1. The van der Waals surface area contributed by atoms with E-state index in [0.717, 1.165) is 37.6 Å². The molecule has 0 saturated heterocycles. The summed E-state index contributed by atoms with van der Waals surface area (Å²) in [5, 5.41) is 7.27. The van der Waals surface area contributed by atoms with Crippen LogP contribution in [0.5, 0.6) is 0 Å². The van der Waals surface area contributed by atoms with Crippen LogP contribution in [0.3, 0.4) is 0 Å². The van der Waals surface area contributed by atoms with Crippen molar-refractivity contribution in [3.05, 3.63) is 83.7 Å². The van der Waals surface area contributed by atoms with Gasteiger partial charge in [0.25, 0.3) is 5.91 Å². The molecule has 1 N–H and O–H groups in total. The van der Waals surface area contributed by atoms with Crippen LogP contribution in [-0.2, 0) is 0 Å². The Balaban J connectivity index is 1.54. The first-order valence-corrected chi connectivity index (χ1v) is 9.18. The fraction of sp³-hybridized carbons (Fsp3) is 0. The van der Waals surface area contributed by atoms with E-state index in [1.165, 1.54) is 11.3 Å². The van der Waals surface area contributed by atoms with Gasteiger partial charge in [0.15, 0.2) is 0 Å². The molecule has 0 fully saturated rings. The van der Waals surface area contributed by atoms with E-state index in [1.54, 1.807) is 0 Å². The van der Waals surface area contributed by atoms with E-state index in [1.807, 2.05) is 72.8 Å². The maximum atomic E-state index is 12.8. The molecule has 26 heavy (non-hydrogen) atoms. The fourth-order valence-electron chi connectivity index (χ4n) is 3.20. The molecule has 0 saturated carbocycles. The molecule has 3 nitrogen and oxygen atoms in total. The first-order chi connectivity index (χ1) is 12.8. The van der Waals surface area contributed by atoms with Crippen LogP contribution in [0.25, 0.3) is 31.9 Å². The van der Waals surface area contributed by atoms with E-state index >= 15 is 0 Å². The van der Waals surface area contributed by atoms with Gasteiger partial charge in [0.1, 0.15) is 4.83 Å². The van der Waals surface area contributed by atoms with Crippen LogP contribution >= 0.6 is 11.3 Å². The van der Waals surface area contributed by atoms with E-state index in [9.17, 15) is 4.79 Å². The SMILES string of the molecule is O=C(Nc1cccc2ccccc12)c1cc2cc3ccccc3nc2s1. The molecule has 0 bridgehead atoms. The van der Waals surface area contributed by atoms with Crippen molar-refractivity contribution in [2.45, 2.75) is 0 Å². The minimum Gasteiger partial charge on any atom is -0.321 e. The number of thiophene rings is 1. The highest BCUT2D eigenvalue weighted by atomic mass is 32.1. The molecule has 1 amide bonds. The third-order valence-corrected chi connectivity index (χ3v) is 5.52. The number of carbonyl (C=O) groups excluding carboxylic acids is 1. The predicted octanol–water partition coefficient (Wildman–Crippen LogP) is 5.86. The Morgan fingerprint density at radius 2 is 1.58 bits per heavy atom. The highest BCUT2D eigenvalue weighted by molar-refractivity contribution is 7.20. The Labute approximate surface area is 153 Å². The van der Waals surface area contributed by atoms with Crippen LogP contribution in [0.4, 0.5) is 5.69 Å². The zero-order valence-corrected chi connectivity index (χ0v) is 14.6. The minimum atomic E-state index is -0.103. The average Bonchev–Trinajstić information content (AvgIpc) is 3.09. The lowest BCUT2D eigenvalue weighted by molar-refractivity contribution is 0.103. The van der Waals surface area contributed by atoms with E-state index in [-0.39, 0.29) is 5.91 Å². The van der Waals surface area contributed by atoms with Gasteiger partial charge in [0, 0.05) is 21.8 Å². The van der Waals surface area contributed by atoms with Gasteiger partial charge >= 0.3 is 0 Å². The van der Waals surface area contributed by atoms with Crippen LogP contribution in [-0.4, -0.2) is 10.9 Å². The van der Waals surface area contributed by atoms with Crippen LogP contribution in [0.1, 0.15) is 9.67 Å². The monoisotopic (exact) mass is 354 g/mol. The molecule has 2 aromatic heterocycles. The molecule has 0 radical (unpaired) electrons. The summed E-state index contributed by atoms with van der Waals surface area (Å²) in [6, 6.07) is 26.0. The lowest BCUT2D eigenvalue weighted by Gasteiger charge is -2.07. The summed E-state index contributed by atoms with van der Waals surface area (Å²) >= 11 is 1.42. The Morgan fingerprint density at radius 3 is 2.50 bits per heavy atom. The summed E-state index contributed by atoms with van der Waals surface area (Å²) < 4.78 is 0. The Morgan fingerprint density at radius 1 is 0.808 bits per heavy atom. The van der Waals surface area contributed by atoms with Gasteiger partial charge in [-0.25, -0.2) is 4.98 Å². The van der Waals surface area contributed by atoms with Crippen molar-refractivity contribution in [3.8, 4) is 0 Å².